The van der Waals surface area contributed by atoms with Gasteiger partial charge >= 0.3 is 0 Å². The molecule has 0 aliphatic rings. The zero-order valence-corrected chi connectivity index (χ0v) is 8.86. The zero-order chi connectivity index (χ0) is 10.6. The van der Waals surface area contributed by atoms with E-state index in [9.17, 15) is 5.11 Å². The van der Waals surface area contributed by atoms with Gasteiger partial charge in [-0.1, -0.05) is 37.5 Å². The Morgan fingerprint density at radius 3 is 2.43 bits per heavy atom. The van der Waals surface area contributed by atoms with E-state index in [0.717, 1.165) is 25.7 Å². The molecule has 0 fully saturated rings. The molecular formula is C12H22O2. The van der Waals surface area contributed by atoms with E-state index in [1.54, 1.807) is 12.2 Å². The van der Waals surface area contributed by atoms with E-state index < -0.39 is 0 Å². The molecule has 0 spiro atoms. The summed E-state index contributed by atoms with van der Waals surface area (Å²) < 4.78 is 0. The molecule has 0 bridgehead atoms. The summed E-state index contributed by atoms with van der Waals surface area (Å²) in [7, 11) is 0. The second kappa shape index (κ2) is 10.5. The monoisotopic (exact) mass is 198 g/mol. The van der Waals surface area contributed by atoms with Crippen LogP contribution in [0.3, 0.4) is 0 Å². The quantitative estimate of drug-likeness (QED) is 0.441. The number of aliphatic hydroxyl groups is 2. The molecule has 2 nitrogen and oxygen atoms in total. The summed E-state index contributed by atoms with van der Waals surface area (Å²) in [6.45, 7) is 3.67. The third kappa shape index (κ3) is 9.49. The number of rotatable bonds is 9. The highest BCUT2D eigenvalue weighted by Crippen LogP contribution is 2.08. The minimum Gasteiger partial charge on any atom is -0.392 e. The average molecular weight is 198 g/mol. The lowest BCUT2D eigenvalue weighted by Crippen LogP contribution is -2.00. The summed E-state index contributed by atoms with van der Waals surface area (Å²) >= 11 is 0. The van der Waals surface area contributed by atoms with E-state index in [2.05, 4.69) is 6.58 Å². The van der Waals surface area contributed by atoms with Crippen LogP contribution in [0.4, 0.5) is 0 Å². The van der Waals surface area contributed by atoms with Gasteiger partial charge in [0.2, 0.25) is 0 Å². The van der Waals surface area contributed by atoms with E-state index in [-0.39, 0.29) is 12.7 Å². The van der Waals surface area contributed by atoms with Crippen molar-refractivity contribution in [2.24, 2.45) is 0 Å². The first kappa shape index (κ1) is 13.4. The summed E-state index contributed by atoms with van der Waals surface area (Å²) in [5.74, 6) is 0. The van der Waals surface area contributed by atoms with Gasteiger partial charge in [-0.2, -0.15) is 0 Å². The normalized spacial score (nSPS) is 13.3. The van der Waals surface area contributed by atoms with Crippen LogP contribution in [0.15, 0.2) is 24.8 Å². The van der Waals surface area contributed by atoms with Gasteiger partial charge in [0.25, 0.3) is 0 Å². The molecular weight excluding hydrogens is 176 g/mol. The SMILES string of the molecule is C=CC(O)CCCCCCC=CCO. The van der Waals surface area contributed by atoms with Crippen LogP contribution in [-0.2, 0) is 0 Å². The third-order valence-electron chi connectivity index (χ3n) is 2.16. The van der Waals surface area contributed by atoms with Gasteiger partial charge in [-0.05, 0) is 19.3 Å². The van der Waals surface area contributed by atoms with Crippen molar-refractivity contribution in [1.29, 1.82) is 0 Å². The summed E-state index contributed by atoms with van der Waals surface area (Å²) in [4.78, 5) is 0. The summed E-state index contributed by atoms with van der Waals surface area (Å²) in [6, 6.07) is 0. The first-order chi connectivity index (χ1) is 6.81. The van der Waals surface area contributed by atoms with Crippen molar-refractivity contribution < 1.29 is 10.2 Å². The minimum atomic E-state index is -0.329. The van der Waals surface area contributed by atoms with Crippen molar-refractivity contribution in [2.45, 2.75) is 44.6 Å². The van der Waals surface area contributed by atoms with Crippen molar-refractivity contribution in [3.8, 4) is 0 Å². The second-order valence-electron chi connectivity index (χ2n) is 3.45. The predicted molar refractivity (Wildman–Crippen MR) is 60.1 cm³/mol. The standard InChI is InChI=1S/C12H22O2/c1-2-12(14)10-8-6-4-3-5-7-9-11-13/h2,7,9,12-14H,1,3-6,8,10-11H2. The molecule has 1 atom stereocenters. The molecule has 0 aliphatic carbocycles. The van der Waals surface area contributed by atoms with Crippen molar-refractivity contribution in [3.63, 3.8) is 0 Å². The predicted octanol–water partition coefficient (Wildman–Crippen LogP) is 2.42. The Morgan fingerprint density at radius 1 is 1.07 bits per heavy atom. The average Bonchev–Trinajstić information content (AvgIpc) is 2.21. The van der Waals surface area contributed by atoms with Crippen molar-refractivity contribution in [1.82, 2.24) is 0 Å². The maximum absolute atomic E-state index is 9.17. The van der Waals surface area contributed by atoms with Crippen molar-refractivity contribution in [2.75, 3.05) is 6.61 Å². The van der Waals surface area contributed by atoms with Gasteiger partial charge in [-0.15, -0.1) is 6.58 Å². The maximum atomic E-state index is 9.17. The van der Waals surface area contributed by atoms with Crippen LogP contribution in [0.2, 0.25) is 0 Å². The van der Waals surface area contributed by atoms with Gasteiger partial charge in [0, 0.05) is 0 Å². The second-order valence-corrected chi connectivity index (χ2v) is 3.45. The molecule has 2 N–H and O–H groups in total. The molecule has 0 rings (SSSR count). The molecule has 0 aromatic rings. The number of allylic oxidation sites excluding steroid dienone is 1. The van der Waals surface area contributed by atoms with E-state index in [0.29, 0.717) is 0 Å². The molecule has 0 amide bonds. The first-order valence-electron chi connectivity index (χ1n) is 5.37. The van der Waals surface area contributed by atoms with Gasteiger partial charge in [0.15, 0.2) is 0 Å². The Labute approximate surface area is 87.0 Å². The van der Waals surface area contributed by atoms with Gasteiger partial charge in [-0.3, -0.25) is 0 Å². The molecule has 0 aromatic heterocycles. The highest BCUT2D eigenvalue weighted by atomic mass is 16.3. The number of aliphatic hydroxyl groups excluding tert-OH is 2. The molecule has 0 radical (unpaired) electrons. The molecule has 82 valence electrons. The highest BCUT2D eigenvalue weighted by molar-refractivity contribution is 4.80. The maximum Gasteiger partial charge on any atom is 0.0718 e. The Bertz CT molecular complexity index is 152. The van der Waals surface area contributed by atoms with E-state index >= 15 is 0 Å². The summed E-state index contributed by atoms with van der Waals surface area (Å²) in [6.07, 6.45) is 11.5. The minimum absolute atomic E-state index is 0.144. The molecule has 0 saturated carbocycles. The van der Waals surface area contributed by atoms with E-state index in [1.807, 2.05) is 6.08 Å². The fourth-order valence-corrected chi connectivity index (χ4v) is 1.28. The topological polar surface area (TPSA) is 40.5 Å². The number of hydrogen-bond donors (Lipinski definition) is 2. The van der Waals surface area contributed by atoms with Crippen LogP contribution in [0, 0.1) is 0 Å². The fourth-order valence-electron chi connectivity index (χ4n) is 1.28. The molecule has 2 heteroatoms. The number of unbranched alkanes of at least 4 members (excludes halogenated alkanes) is 4. The fraction of sp³-hybridized carbons (Fsp3) is 0.667. The molecule has 0 aromatic carbocycles. The van der Waals surface area contributed by atoms with Crippen LogP contribution in [0.5, 0.6) is 0 Å². The van der Waals surface area contributed by atoms with E-state index in [1.165, 1.54) is 12.8 Å². The largest absolute Gasteiger partial charge is 0.392 e. The molecule has 0 aliphatic heterocycles. The highest BCUT2D eigenvalue weighted by Gasteiger charge is 1.96. The Kier molecular flexibility index (Phi) is 10.0. The Hall–Kier alpha value is -0.600. The zero-order valence-electron chi connectivity index (χ0n) is 8.86. The van der Waals surface area contributed by atoms with Gasteiger partial charge in [-0.25, -0.2) is 0 Å². The molecule has 0 saturated heterocycles. The first-order valence-corrected chi connectivity index (χ1v) is 5.37. The number of hydrogen-bond acceptors (Lipinski definition) is 2. The van der Waals surface area contributed by atoms with Crippen LogP contribution in [0.25, 0.3) is 0 Å². The van der Waals surface area contributed by atoms with Crippen LogP contribution < -0.4 is 0 Å². The summed E-state index contributed by atoms with van der Waals surface area (Å²) in [5, 5.41) is 17.6. The third-order valence-corrected chi connectivity index (χ3v) is 2.16. The molecule has 0 heterocycles. The lowest BCUT2D eigenvalue weighted by molar-refractivity contribution is 0.208. The lowest BCUT2D eigenvalue weighted by Gasteiger charge is -2.03. The Balaban J connectivity index is 3.06. The van der Waals surface area contributed by atoms with E-state index in [4.69, 9.17) is 5.11 Å². The lowest BCUT2D eigenvalue weighted by atomic mass is 10.1. The van der Waals surface area contributed by atoms with Crippen LogP contribution in [-0.4, -0.2) is 22.9 Å². The van der Waals surface area contributed by atoms with Crippen LogP contribution >= 0.6 is 0 Å². The summed E-state index contributed by atoms with van der Waals surface area (Å²) in [5.41, 5.74) is 0. The van der Waals surface area contributed by atoms with Gasteiger partial charge < -0.3 is 10.2 Å². The molecule has 1 unspecified atom stereocenters. The van der Waals surface area contributed by atoms with Crippen molar-refractivity contribution in [3.05, 3.63) is 24.8 Å². The smallest absolute Gasteiger partial charge is 0.0718 e. The van der Waals surface area contributed by atoms with Crippen molar-refractivity contribution >= 4 is 0 Å². The molecule has 14 heavy (non-hydrogen) atoms. The Morgan fingerprint density at radius 2 is 1.79 bits per heavy atom. The van der Waals surface area contributed by atoms with Gasteiger partial charge in [0.1, 0.15) is 0 Å². The van der Waals surface area contributed by atoms with Crippen LogP contribution in [0.1, 0.15) is 38.5 Å². The van der Waals surface area contributed by atoms with Gasteiger partial charge in [0.05, 0.1) is 12.7 Å².